The van der Waals surface area contributed by atoms with E-state index < -0.39 is 0 Å². The number of hydrogen-bond acceptors (Lipinski definition) is 6. The Labute approximate surface area is 194 Å². The van der Waals surface area contributed by atoms with Crippen LogP contribution in [0.3, 0.4) is 0 Å². The van der Waals surface area contributed by atoms with E-state index in [1.807, 2.05) is 42.5 Å². The fraction of sp³-hybridized carbons (Fsp3) is 0.360. The predicted molar refractivity (Wildman–Crippen MR) is 131 cm³/mol. The topological polar surface area (TPSA) is 71.0 Å². The Bertz CT molecular complexity index is 1010. The molecule has 168 valence electrons. The molecule has 1 amide bonds. The van der Waals surface area contributed by atoms with Crippen molar-refractivity contribution in [2.45, 2.75) is 50.6 Å². The third-order valence-corrected chi connectivity index (χ3v) is 5.91. The maximum absolute atomic E-state index is 12.4. The first-order chi connectivity index (χ1) is 15.5. The van der Waals surface area contributed by atoms with Crippen LogP contribution >= 0.6 is 11.8 Å². The molecule has 0 aliphatic rings. The SMILES string of the molecule is CCCN(C)c1cc(C(C)C)nc(SCc2ccc(C(=O)NCc3ccccn3)cc2)n1. The number of benzene rings is 1. The number of nitrogens with one attached hydrogen (secondary N) is 1. The van der Waals surface area contributed by atoms with E-state index in [1.54, 1.807) is 18.0 Å². The van der Waals surface area contributed by atoms with E-state index in [0.29, 0.717) is 18.0 Å². The first-order valence-electron chi connectivity index (χ1n) is 11.0. The van der Waals surface area contributed by atoms with Gasteiger partial charge >= 0.3 is 0 Å². The molecular formula is C25H31N5OS. The molecule has 0 fully saturated rings. The lowest BCUT2D eigenvalue weighted by atomic mass is 10.1. The summed E-state index contributed by atoms with van der Waals surface area (Å²) >= 11 is 1.62. The molecular weight excluding hydrogens is 418 g/mol. The van der Waals surface area contributed by atoms with Crippen molar-refractivity contribution in [2.24, 2.45) is 0 Å². The lowest BCUT2D eigenvalue weighted by Gasteiger charge is -2.19. The minimum atomic E-state index is -0.105. The van der Waals surface area contributed by atoms with Gasteiger partial charge in [0.15, 0.2) is 5.16 Å². The van der Waals surface area contributed by atoms with Crippen molar-refractivity contribution in [3.8, 4) is 0 Å². The number of thioether (sulfide) groups is 1. The second-order valence-electron chi connectivity index (χ2n) is 8.00. The van der Waals surface area contributed by atoms with Crippen LogP contribution in [0.15, 0.2) is 59.9 Å². The van der Waals surface area contributed by atoms with Gasteiger partial charge in [-0.25, -0.2) is 9.97 Å². The van der Waals surface area contributed by atoms with Gasteiger partial charge in [0.05, 0.1) is 12.2 Å². The molecule has 1 aromatic carbocycles. The highest BCUT2D eigenvalue weighted by Gasteiger charge is 2.12. The molecule has 0 saturated heterocycles. The van der Waals surface area contributed by atoms with Gasteiger partial charge in [-0.2, -0.15) is 0 Å². The fourth-order valence-corrected chi connectivity index (χ4v) is 3.93. The smallest absolute Gasteiger partial charge is 0.251 e. The standard InChI is InChI=1S/C25H31N5OS/c1-5-14-30(4)23-15-22(18(2)3)28-25(29-23)32-17-19-9-11-20(12-10-19)24(31)27-16-21-8-6-7-13-26-21/h6-13,15,18H,5,14,16-17H2,1-4H3,(H,27,31). The summed E-state index contributed by atoms with van der Waals surface area (Å²) in [6, 6.07) is 15.4. The van der Waals surface area contributed by atoms with Gasteiger partial charge in [-0.15, -0.1) is 0 Å². The zero-order valence-electron chi connectivity index (χ0n) is 19.2. The first kappa shape index (κ1) is 23.7. The summed E-state index contributed by atoms with van der Waals surface area (Å²) in [5.41, 5.74) is 3.65. The average molecular weight is 450 g/mol. The Balaban J connectivity index is 1.61. The number of anilines is 1. The maximum Gasteiger partial charge on any atom is 0.251 e. The number of nitrogens with zero attached hydrogens (tertiary/aromatic N) is 4. The van der Waals surface area contributed by atoms with Crippen LogP contribution in [0.1, 0.15) is 60.4 Å². The third kappa shape index (κ3) is 6.79. The zero-order chi connectivity index (χ0) is 22.9. The molecule has 0 saturated carbocycles. The molecule has 3 rings (SSSR count). The lowest BCUT2D eigenvalue weighted by Crippen LogP contribution is -2.23. The van der Waals surface area contributed by atoms with Gasteiger partial charge in [0, 0.05) is 42.9 Å². The Morgan fingerprint density at radius 1 is 1.12 bits per heavy atom. The molecule has 0 atom stereocenters. The summed E-state index contributed by atoms with van der Waals surface area (Å²) in [6.45, 7) is 7.84. The Morgan fingerprint density at radius 3 is 2.56 bits per heavy atom. The van der Waals surface area contributed by atoms with Crippen LogP contribution in [0.5, 0.6) is 0 Å². The molecule has 0 unspecified atom stereocenters. The predicted octanol–water partition coefficient (Wildman–Crippen LogP) is 5.06. The average Bonchev–Trinajstić information content (AvgIpc) is 2.82. The molecule has 2 aromatic heterocycles. The van der Waals surface area contributed by atoms with Crippen LogP contribution in [-0.4, -0.2) is 34.5 Å². The quantitative estimate of drug-likeness (QED) is 0.344. The molecule has 6 nitrogen and oxygen atoms in total. The molecule has 2 heterocycles. The summed E-state index contributed by atoms with van der Waals surface area (Å²) < 4.78 is 0. The van der Waals surface area contributed by atoms with Gasteiger partial charge in [0.1, 0.15) is 5.82 Å². The van der Waals surface area contributed by atoms with Crippen molar-refractivity contribution < 1.29 is 4.79 Å². The van der Waals surface area contributed by atoms with Gasteiger partial charge in [-0.1, -0.05) is 50.7 Å². The summed E-state index contributed by atoms with van der Waals surface area (Å²) in [6.07, 6.45) is 2.79. The van der Waals surface area contributed by atoms with Crippen molar-refractivity contribution in [1.29, 1.82) is 0 Å². The number of carbonyl (C=O) groups excluding carboxylic acids is 1. The summed E-state index contributed by atoms with van der Waals surface area (Å²) in [5.74, 6) is 1.95. The summed E-state index contributed by atoms with van der Waals surface area (Å²) in [5, 5.41) is 3.69. The monoisotopic (exact) mass is 449 g/mol. The Morgan fingerprint density at radius 2 is 1.91 bits per heavy atom. The van der Waals surface area contributed by atoms with Crippen molar-refractivity contribution in [3.05, 3.63) is 77.2 Å². The van der Waals surface area contributed by atoms with Crippen LogP contribution in [0, 0.1) is 0 Å². The highest BCUT2D eigenvalue weighted by atomic mass is 32.2. The third-order valence-electron chi connectivity index (χ3n) is 4.99. The molecule has 32 heavy (non-hydrogen) atoms. The minimum absolute atomic E-state index is 0.105. The molecule has 0 bridgehead atoms. The number of amides is 1. The fourth-order valence-electron chi connectivity index (χ4n) is 3.11. The van der Waals surface area contributed by atoms with Crippen LogP contribution < -0.4 is 10.2 Å². The molecule has 0 radical (unpaired) electrons. The van der Waals surface area contributed by atoms with Gasteiger partial charge in [0.25, 0.3) is 5.91 Å². The van der Waals surface area contributed by atoms with Crippen molar-refractivity contribution in [1.82, 2.24) is 20.3 Å². The van der Waals surface area contributed by atoms with Crippen molar-refractivity contribution in [2.75, 3.05) is 18.5 Å². The lowest BCUT2D eigenvalue weighted by molar-refractivity contribution is 0.0950. The Kier molecular flexibility index (Phi) is 8.62. The van der Waals surface area contributed by atoms with Crippen LogP contribution in [0.25, 0.3) is 0 Å². The van der Waals surface area contributed by atoms with Crippen LogP contribution in [0.2, 0.25) is 0 Å². The van der Waals surface area contributed by atoms with E-state index in [0.717, 1.165) is 46.6 Å². The van der Waals surface area contributed by atoms with Crippen molar-refractivity contribution >= 4 is 23.5 Å². The van der Waals surface area contributed by atoms with E-state index in [2.05, 4.69) is 49.1 Å². The number of rotatable bonds is 10. The van der Waals surface area contributed by atoms with E-state index in [1.165, 1.54) is 0 Å². The van der Waals surface area contributed by atoms with Gasteiger partial charge in [0.2, 0.25) is 0 Å². The number of aromatic nitrogens is 3. The normalized spacial score (nSPS) is 10.9. The zero-order valence-corrected chi connectivity index (χ0v) is 20.0. The molecule has 0 aliphatic heterocycles. The maximum atomic E-state index is 12.4. The molecule has 3 aromatic rings. The van der Waals surface area contributed by atoms with E-state index in [-0.39, 0.29) is 5.91 Å². The molecule has 1 N–H and O–H groups in total. The largest absolute Gasteiger partial charge is 0.360 e. The minimum Gasteiger partial charge on any atom is -0.360 e. The summed E-state index contributed by atoms with van der Waals surface area (Å²) in [4.78, 5) is 28.3. The van der Waals surface area contributed by atoms with Crippen LogP contribution in [-0.2, 0) is 12.3 Å². The molecule has 0 spiro atoms. The van der Waals surface area contributed by atoms with Crippen LogP contribution in [0.4, 0.5) is 5.82 Å². The highest BCUT2D eigenvalue weighted by Crippen LogP contribution is 2.25. The second kappa shape index (κ2) is 11.6. The summed E-state index contributed by atoms with van der Waals surface area (Å²) in [7, 11) is 2.07. The number of carbonyl (C=O) groups is 1. The number of pyridine rings is 1. The highest BCUT2D eigenvalue weighted by molar-refractivity contribution is 7.98. The van der Waals surface area contributed by atoms with Gasteiger partial charge in [-0.05, 0) is 42.2 Å². The van der Waals surface area contributed by atoms with E-state index >= 15 is 0 Å². The number of hydrogen-bond donors (Lipinski definition) is 1. The first-order valence-corrected chi connectivity index (χ1v) is 11.9. The second-order valence-corrected chi connectivity index (χ2v) is 8.94. The molecule has 7 heteroatoms. The van der Waals surface area contributed by atoms with E-state index in [9.17, 15) is 4.79 Å². The Hall–Kier alpha value is -2.93. The van der Waals surface area contributed by atoms with Gasteiger partial charge < -0.3 is 10.2 Å². The van der Waals surface area contributed by atoms with E-state index in [4.69, 9.17) is 9.97 Å². The van der Waals surface area contributed by atoms with Gasteiger partial charge in [-0.3, -0.25) is 9.78 Å². The molecule has 0 aliphatic carbocycles. The van der Waals surface area contributed by atoms with Crippen molar-refractivity contribution in [3.63, 3.8) is 0 Å².